The molecule has 7 nitrogen and oxygen atoms in total. The fraction of sp³-hybridized carbons (Fsp3) is 0.474. The summed E-state index contributed by atoms with van der Waals surface area (Å²) in [6.07, 6.45) is 0.630. The third-order valence-corrected chi connectivity index (χ3v) is 4.16. The molecule has 2 rings (SSSR count). The smallest absolute Gasteiger partial charge is 0.313 e. The van der Waals surface area contributed by atoms with Crippen LogP contribution in [0, 0.1) is 16.7 Å². The summed E-state index contributed by atoms with van der Waals surface area (Å²) < 4.78 is 0. The highest BCUT2D eigenvalue weighted by molar-refractivity contribution is 6.39. The Morgan fingerprint density at radius 3 is 2.38 bits per heavy atom. The molecule has 0 atom stereocenters. The van der Waals surface area contributed by atoms with Crippen LogP contribution in [0.2, 0.25) is 0 Å². The molecule has 0 unspecified atom stereocenters. The second kappa shape index (κ2) is 8.00. The molecule has 0 aliphatic carbocycles. The molecule has 0 saturated carbocycles. The standard InChI is InChI=1S/C19H24N4O3/c1-19(2,3)18(26)23-9-5-8-22(10-11-23)17(25)16(24)21-15-7-4-6-14(12-15)13-20/h4,6-7,12H,5,8-11H2,1-3H3,(H,21,24). The lowest BCUT2D eigenvalue weighted by Crippen LogP contribution is -2.44. The summed E-state index contributed by atoms with van der Waals surface area (Å²) in [7, 11) is 0. The van der Waals surface area contributed by atoms with E-state index in [1.165, 1.54) is 11.0 Å². The summed E-state index contributed by atoms with van der Waals surface area (Å²) >= 11 is 0. The first kappa shape index (κ1) is 19.4. The quantitative estimate of drug-likeness (QED) is 0.774. The van der Waals surface area contributed by atoms with Gasteiger partial charge in [-0.15, -0.1) is 0 Å². The van der Waals surface area contributed by atoms with E-state index >= 15 is 0 Å². The summed E-state index contributed by atoms with van der Waals surface area (Å²) in [6.45, 7) is 7.35. The van der Waals surface area contributed by atoms with Gasteiger partial charge in [-0.3, -0.25) is 14.4 Å². The van der Waals surface area contributed by atoms with Gasteiger partial charge in [0.2, 0.25) is 5.91 Å². The van der Waals surface area contributed by atoms with Crippen molar-refractivity contribution in [1.82, 2.24) is 9.80 Å². The highest BCUT2D eigenvalue weighted by atomic mass is 16.2. The molecule has 0 bridgehead atoms. The molecule has 7 heteroatoms. The topological polar surface area (TPSA) is 93.5 Å². The number of hydrogen-bond acceptors (Lipinski definition) is 4. The maximum atomic E-state index is 12.4. The molecule has 1 aromatic rings. The molecular formula is C19H24N4O3. The highest BCUT2D eigenvalue weighted by Gasteiger charge is 2.30. The van der Waals surface area contributed by atoms with Crippen molar-refractivity contribution in [3.8, 4) is 6.07 Å². The minimum absolute atomic E-state index is 0.0459. The zero-order valence-corrected chi connectivity index (χ0v) is 15.4. The molecule has 0 radical (unpaired) electrons. The number of carbonyl (C=O) groups is 3. The van der Waals surface area contributed by atoms with Gasteiger partial charge in [-0.2, -0.15) is 5.26 Å². The number of benzene rings is 1. The van der Waals surface area contributed by atoms with Crippen LogP contribution in [0.4, 0.5) is 5.69 Å². The first-order valence-electron chi connectivity index (χ1n) is 8.62. The SMILES string of the molecule is CC(C)(C)C(=O)N1CCCN(C(=O)C(=O)Nc2cccc(C#N)c2)CC1. The lowest BCUT2D eigenvalue weighted by Gasteiger charge is -2.28. The van der Waals surface area contributed by atoms with Crippen molar-refractivity contribution in [1.29, 1.82) is 5.26 Å². The normalized spacial score (nSPS) is 15.0. The van der Waals surface area contributed by atoms with Gasteiger partial charge in [0.15, 0.2) is 0 Å². The van der Waals surface area contributed by atoms with Gasteiger partial charge in [-0.25, -0.2) is 0 Å². The monoisotopic (exact) mass is 356 g/mol. The van der Waals surface area contributed by atoms with Gasteiger partial charge in [0, 0.05) is 37.3 Å². The van der Waals surface area contributed by atoms with Gasteiger partial charge >= 0.3 is 11.8 Å². The number of hydrogen-bond donors (Lipinski definition) is 1. The van der Waals surface area contributed by atoms with Crippen LogP contribution in [0.15, 0.2) is 24.3 Å². The molecule has 1 aromatic carbocycles. The maximum absolute atomic E-state index is 12.4. The molecule has 1 heterocycles. The molecular weight excluding hydrogens is 332 g/mol. The summed E-state index contributed by atoms with van der Waals surface area (Å²) in [4.78, 5) is 40.3. The summed E-state index contributed by atoms with van der Waals surface area (Å²) in [5, 5.41) is 11.4. The van der Waals surface area contributed by atoms with Crippen LogP contribution in [0.1, 0.15) is 32.8 Å². The van der Waals surface area contributed by atoms with Crippen molar-refractivity contribution in [3.63, 3.8) is 0 Å². The second-order valence-electron chi connectivity index (χ2n) is 7.33. The minimum Gasteiger partial charge on any atom is -0.340 e. The predicted octanol–water partition coefficient (Wildman–Crippen LogP) is 1.60. The van der Waals surface area contributed by atoms with Gasteiger partial charge < -0.3 is 15.1 Å². The number of carbonyl (C=O) groups excluding carboxylic acids is 3. The number of amides is 3. The fourth-order valence-electron chi connectivity index (χ4n) is 2.79. The fourth-order valence-corrected chi connectivity index (χ4v) is 2.79. The molecule has 1 saturated heterocycles. The van der Waals surface area contributed by atoms with E-state index in [1.807, 2.05) is 26.8 Å². The number of nitrogens with one attached hydrogen (secondary N) is 1. The van der Waals surface area contributed by atoms with E-state index in [9.17, 15) is 14.4 Å². The Bertz CT molecular complexity index is 746. The zero-order chi connectivity index (χ0) is 19.3. The van der Waals surface area contributed by atoms with Crippen LogP contribution in [-0.2, 0) is 14.4 Å². The lowest BCUT2D eigenvalue weighted by atomic mass is 9.94. The lowest BCUT2D eigenvalue weighted by molar-refractivity contribution is -0.143. The van der Waals surface area contributed by atoms with E-state index in [4.69, 9.17) is 5.26 Å². The zero-order valence-electron chi connectivity index (χ0n) is 15.4. The first-order chi connectivity index (χ1) is 12.2. The Kier molecular flexibility index (Phi) is 5.98. The van der Waals surface area contributed by atoms with Crippen LogP contribution in [0.3, 0.4) is 0 Å². The Balaban J connectivity index is 1.98. The third kappa shape index (κ3) is 4.82. The largest absolute Gasteiger partial charge is 0.340 e. The number of nitrogens with zero attached hydrogens (tertiary/aromatic N) is 3. The molecule has 1 aliphatic heterocycles. The van der Waals surface area contributed by atoms with Crippen LogP contribution < -0.4 is 5.32 Å². The highest BCUT2D eigenvalue weighted by Crippen LogP contribution is 2.19. The molecule has 0 spiro atoms. The van der Waals surface area contributed by atoms with E-state index in [0.29, 0.717) is 43.9 Å². The van der Waals surface area contributed by atoms with Crippen molar-refractivity contribution in [2.24, 2.45) is 5.41 Å². The van der Waals surface area contributed by atoms with E-state index < -0.39 is 17.2 Å². The van der Waals surface area contributed by atoms with Crippen molar-refractivity contribution < 1.29 is 14.4 Å². The molecule has 3 amide bonds. The van der Waals surface area contributed by atoms with Crippen LogP contribution in [-0.4, -0.2) is 53.7 Å². The minimum atomic E-state index is -0.740. The molecule has 1 N–H and O–H groups in total. The van der Waals surface area contributed by atoms with E-state index in [1.54, 1.807) is 23.1 Å². The summed E-state index contributed by atoms with van der Waals surface area (Å²) in [6, 6.07) is 8.38. The number of rotatable bonds is 1. The number of anilines is 1. The Labute approximate surface area is 153 Å². The second-order valence-corrected chi connectivity index (χ2v) is 7.33. The van der Waals surface area contributed by atoms with Crippen LogP contribution >= 0.6 is 0 Å². The van der Waals surface area contributed by atoms with E-state index in [2.05, 4.69) is 5.32 Å². The van der Waals surface area contributed by atoms with Crippen molar-refractivity contribution in [3.05, 3.63) is 29.8 Å². The third-order valence-electron chi connectivity index (χ3n) is 4.16. The molecule has 1 aliphatic rings. The van der Waals surface area contributed by atoms with Gasteiger partial charge in [-0.1, -0.05) is 26.8 Å². The van der Waals surface area contributed by atoms with E-state index in [-0.39, 0.29) is 5.91 Å². The van der Waals surface area contributed by atoms with Crippen molar-refractivity contribution >= 4 is 23.4 Å². The molecule has 138 valence electrons. The van der Waals surface area contributed by atoms with Crippen molar-refractivity contribution in [2.75, 3.05) is 31.5 Å². The van der Waals surface area contributed by atoms with Crippen LogP contribution in [0.5, 0.6) is 0 Å². The van der Waals surface area contributed by atoms with Gasteiger partial charge in [0.05, 0.1) is 11.6 Å². The van der Waals surface area contributed by atoms with Crippen LogP contribution in [0.25, 0.3) is 0 Å². The van der Waals surface area contributed by atoms with Gasteiger partial charge in [0.25, 0.3) is 0 Å². The predicted molar refractivity (Wildman–Crippen MR) is 97.0 cm³/mol. The maximum Gasteiger partial charge on any atom is 0.313 e. The average Bonchev–Trinajstić information content (AvgIpc) is 2.85. The van der Waals surface area contributed by atoms with Crippen molar-refractivity contribution in [2.45, 2.75) is 27.2 Å². The summed E-state index contributed by atoms with van der Waals surface area (Å²) in [5.74, 6) is -1.32. The molecule has 1 fully saturated rings. The molecule has 0 aromatic heterocycles. The average molecular weight is 356 g/mol. The summed E-state index contributed by atoms with van der Waals surface area (Å²) in [5.41, 5.74) is 0.339. The number of nitriles is 1. The first-order valence-corrected chi connectivity index (χ1v) is 8.62. The molecule has 26 heavy (non-hydrogen) atoms. The van der Waals surface area contributed by atoms with Gasteiger partial charge in [-0.05, 0) is 24.6 Å². The Hall–Kier alpha value is -2.88. The Morgan fingerprint density at radius 1 is 1.08 bits per heavy atom. The van der Waals surface area contributed by atoms with Gasteiger partial charge in [0.1, 0.15) is 0 Å². The van der Waals surface area contributed by atoms with E-state index in [0.717, 1.165) is 0 Å². The Morgan fingerprint density at radius 2 is 1.73 bits per heavy atom.